The molecular weight excluding hydrogens is 253 g/mol. The smallest absolute Gasteiger partial charge is 0.345 e. The van der Waals surface area contributed by atoms with E-state index in [1.807, 2.05) is 6.92 Å². The van der Waals surface area contributed by atoms with E-state index in [9.17, 15) is 9.18 Å². The number of hydrogen-bond donors (Lipinski definition) is 1. The van der Waals surface area contributed by atoms with Crippen LogP contribution in [-0.2, 0) is 0 Å². The molecule has 0 saturated heterocycles. The molecule has 0 aliphatic carbocycles. The number of carboxylic acid groups (broad SMARTS) is 1. The third-order valence-electron chi connectivity index (χ3n) is 2.53. The highest BCUT2D eigenvalue weighted by Gasteiger charge is 2.15. The Morgan fingerprint density at radius 3 is 2.61 bits per heavy atom. The van der Waals surface area contributed by atoms with Crippen LogP contribution in [0.4, 0.5) is 15.1 Å². The zero-order chi connectivity index (χ0) is 13.1. The number of benzene rings is 1. The highest BCUT2D eigenvalue weighted by Crippen LogP contribution is 2.33. The molecule has 1 aromatic heterocycles. The van der Waals surface area contributed by atoms with E-state index in [0.29, 0.717) is 12.2 Å². The predicted molar refractivity (Wildman–Crippen MR) is 70.4 cm³/mol. The van der Waals surface area contributed by atoms with E-state index in [4.69, 9.17) is 5.11 Å². The summed E-state index contributed by atoms with van der Waals surface area (Å²) < 4.78 is 13.7. The molecule has 0 saturated carbocycles. The maximum Gasteiger partial charge on any atom is 0.345 e. The minimum Gasteiger partial charge on any atom is -0.477 e. The van der Waals surface area contributed by atoms with Gasteiger partial charge < -0.3 is 10.0 Å². The molecule has 1 N–H and O–H groups in total. The van der Waals surface area contributed by atoms with Gasteiger partial charge in [-0.1, -0.05) is 12.1 Å². The summed E-state index contributed by atoms with van der Waals surface area (Å²) >= 11 is 1.14. The fourth-order valence-corrected chi connectivity index (χ4v) is 2.63. The highest BCUT2D eigenvalue weighted by atomic mass is 32.1. The molecule has 0 radical (unpaired) electrons. The summed E-state index contributed by atoms with van der Waals surface area (Å²) in [6.07, 6.45) is 0. The van der Waals surface area contributed by atoms with Gasteiger partial charge in [0.1, 0.15) is 10.7 Å². The standard InChI is InChI=1S/C13H12FNO2S/c1-2-15(10-6-4-3-5-9(10)14)12-8-7-11(18-12)13(16)17/h3-8H,2H2,1H3,(H,16,17). The van der Waals surface area contributed by atoms with Crippen LogP contribution in [0, 0.1) is 5.82 Å². The van der Waals surface area contributed by atoms with E-state index >= 15 is 0 Å². The van der Waals surface area contributed by atoms with Crippen molar-refractivity contribution < 1.29 is 14.3 Å². The van der Waals surface area contributed by atoms with Crippen LogP contribution in [0.15, 0.2) is 36.4 Å². The maximum atomic E-state index is 13.7. The second-order valence-corrected chi connectivity index (χ2v) is 4.70. The van der Waals surface area contributed by atoms with Crippen LogP contribution in [-0.4, -0.2) is 17.6 Å². The molecule has 94 valence electrons. The number of carbonyl (C=O) groups is 1. The average molecular weight is 265 g/mol. The molecule has 0 bridgehead atoms. The van der Waals surface area contributed by atoms with Gasteiger partial charge in [0.05, 0.1) is 10.7 Å². The van der Waals surface area contributed by atoms with Gasteiger partial charge >= 0.3 is 5.97 Å². The van der Waals surface area contributed by atoms with Crippen LogP contribution in [0.1, 0.15) is 16.6 Å². The van der Waals surface area contributed by atoms with Crippen molar-refractivity contribution in [3.8, 4) is 0 Å². The quantitative estimate of drug-likeness (QED) is 0.915. The van der Waals surface area contributed by atoms with E-state index in [1.54, 1.807) is 29.2 Å². The Morgan fingerprint density at radius 1 is 1.33 bits per heavy atom. The van der Waals surface area contributed by atoms with E-state index in [0.717, 1.165) is 16.3 Å². The molecule has 5 heteroatoms. The molecular formula is C13H12FNO2S. The number of rotatable bonds is 4. The number of para-hydroxylation sites is 1. The van der Waals surface area contributed by atoms with Gasteiger partial charge in [-0.2, -0.15) is 0 Å². The zero-order valence-corrected chi connectivity index (χ0v) is 10.6. The Morgan fingerprint density at radius 2 is 2.06 bits per heavy atom. The van der Waals surface area contributed by atoms with Crippen LogP contribution >= 0.6 is 11.3 Å². The Labute approximate surface area is 108 Å². The maximum absolute atomic E-state index is 13.7. The number of aromatic carboxylic acids is 1. The van der Waals surface area contributed by atoms with Crippen molar-refractivity contribution in [1.82, 2.24) is 0 Å². The Balaban J connectivity index is 2.39. The largest absolute Gasteiger partial charge is 0.477 e. The molecule has 18 heavy (non-hydrogen) atoms. The van der Waals surface area contributed by atoms with E-state index in [-0.39, 0.29) is 10.7 Å². The number of hydrogen-bond acceptors (Lipinski definition) is 3. The monoisotopic (exact) mass is 265 g/mol. The molecule has 0 atom stereocenters. The lowest BCUT2D eigenvalue weighted by Crippen LogP contribution is -2.15. The molecule has 2 rings (SSSR count). The van der Waals surface area contributed by atoms with E-state index < -0.39 is 5.97 Å². The SMILES string of the molecule is CCN(c1ccc(C(=O)O)s1)c1ccccc1F. The molecule has 0 aliphatic heterocycles. The number of thiophene rings is 1. The topological polar surface area (TPSA) is 40.5 Å². The van der Waals surface area contributed by atoms with Crippen molar-refractivity contribution in [3.05, 3.63) is 47.1 Å². The minimum absolute atomic E-state index is 0.250. The molecule has 0 aliphatic rings. The van der Waals surface area contributed by atoms with Gasteiger partial charge in [0.15, 0.2) is 0 Å². The van der Waals surface area contributed by atoms with E-state index in [2.05, 4.69) is 0 Å². The predicted octanol–water partition coefficient (Wildman–Crippen LogP) is 3.74. The molecule has 3 nitrogen and oxygen atoms in total. The van der Waals surface area contributed by atoms with E-state index in [1.165, 1.54) is 12.1 Å². The fraction of sp³-hybridized carbons (Fsp3) is 0.154. The highest BCUT2D eigenvalue weighted by molar-refractivity contribution is 7.17. The Kier molecular flexibility index (Phi) is 3.62. The third-order valence-corrected chi connectivity index (χ3v) is 3.62. The summed E-state index contributed by atoms with van der Waals surface area (Å²) in [5, 5.41) is 9.62. The van der Waals surface area contributed by atoms with Crippen molar-refractivity contribution in [1.29, 1.82) is 0 Å². The summed E-state index contributed by atoms with van der Waals surface area (Å²) in [5.74, 6) is -1.28. The average Bonchev–Trinajstić information content (AvgIpc) is 2.82. The van der Waals surface area contributed by atoms with Crippen molar-refractivity contribution in [2.24, 2.45) is 0 Å². The first-order chi connectivity index (χ1) is 8.63. The Bertz CT molecular complexity index is 568. The van der Waals surface area contributed by atoms with Crippen LogP contribution in [0.3, 0.4) is 0 Å². The first kappa shape index (κ1) is 12.6. The third kappa shape index (κ3) is 2.36. The Hall–Kier alpha value is -1.88. The van der Waals surface area contributed by atoms with Crippen molar-refractivity contribution in [3.63, 3.8) is 0 Å². The molecule has 1 heterocycles. The molecule has 0 unspecified atom stereocenters. The van der Waals surface area contributed by atoms with Gasteiger partial charge in [0.2, 0.25) is 0 Å². The van der Waals surface area contributed by atoms with Crippen molar-refractivity contribution in [2.45, 2.75) is 6.92 Å². The molecule has 0 spiro atoms. The lowest BCUT2D eigenvalue weighted by Gasteiger charge is -2.21. The molecule has 0 amide bonds. The second kappa shape index (κ2) is 5.18. The summed E-state index contributed by atoms with van der Waals surface area (Å²) in [4.78, 5) is 12.9. The normalized spacial score (nSPS) is 10.3. The zero-order valence-electron chi connectivity index (χ0n) is 9.76. The van der Waals surface area contributed by atoms with Crippen LogP contribution in [0.2, 0.25) is 0 Å². The van der Waals surface area contributed by atoms with Crippen LogP contribution in [0.25, 0.3) is 0 Å². The van der Waals surface area contributed by atoms with Gasteiger partial charge in [0, 0.05) is 6.54 Å². The van der Waals surface area contributed by atoms with Gasteiger partial charge in [0.25, 0.3) is 0 Å². The lowest BCUT2D eigenvalue weighted by molar-refractivity contribution is 0.0702. The number of halogens is 1. The summed E-state index contributed by atoms with van der Waals surface area (Å²) in [6.45, 7) is 2.47. The molecule has 0 fully saturated rings. The molecule has 2 aromatic rings. The minimum atomic E-state index is -0.962. The van der Waals surface area contributed by atoms with Gasteiger partial charge in [-0.05, 0) is 31.2 Å². The number of anilines is 2. The van der Waals surface area contributed by atoms with Crippen molar-refractivity contribution in [2.75, 3.05) is 11.4 Å². The lowest BCUT2D eigenvalue weighted by atomic mass is 10.2. The number of carboxylic acids is 1. The van der Waals surface area contributed by atoms with Gasteiger partial charge in [-0.15, -0.1) is 11.3 Å². The first-order valence-corrected chi connectivity index (χ1v) is 6.30. The van der Waals surface area contributed by atoms with Gasteiger partial charge in [-0.25, -0.2) is 9.18 Å². The first-order valence-electron chi connectivity index (χ1n) is 5.48. The fourth-order valence-electron chi connectivity index (χ4n) is 1.70. The second-order valence-electron chi connectivity index (χ2n) is 3.64. The van der Waals surface area contributed by atoms with Crippen LogP contribution < -0.4 is 4.90 Å². The summed E-state index contributed by atoms with van der Waals surface area (Å²) in [7, 11) is 0. The molecule has 1 aromatic carbocycles. The summed E-state index contributed by atoms with van der Waals surface area (Å²) in [6, 6.07) is 9.69. The number of nitrogens with zero attached hydrogens (tertiary/aromatic N) is 1. The summed E-state index contributed by atoms with van der Waals surface area (Å²) in [5.41, 5.74) is 0.457. The van der Waals surface area contributed by atoms with Crippen molar-refractivity contribution >= 4 is 28.0 Å². The van der Waals surface area contributed by atoms with Crippen LogP contribution in [0.5, 0.6) is 0 Å². The van der Waals surface area contributed by atoms with Gasteiger partial charge in [-0.3, -0.25) is 0 Å².